The number of hydrogen-bond donors (Lipinski definition) is 1. The van der Waals surface area contributed by atoms with E-state index in [1.165, 1.54) is 4.90 Å². The fraction of sp³-hybridized carbons (Fsp3) is 0.471. The Kier molecular flexibility index (Phi) is 7.29. The molecule has 3 fully saturated rings. The number of amides is 3. The summed E-state index contributed by atoms with van der Waals surface area (Å²) in [5.41, 5.74) is 1.65. The smallest absolute Gasteiger partial charge is 0.263 e. The molecule has 7 rings (SSSR count). The van der Waals surface area contributed by atoms with Crippen molar-refractivity contribution in [2.24, 2.45) is 11.8 Å². The quantitative estimate of drug-likeness (QED) is 0.441. The van der Waals surface area contributed by atoms with Crippen LogP contribution in [0.2, 0.25) is 0 Å². The molecule has 1 saturated carbocycles. The van der Waals surface area contributed by atoms with Crippen LogP contribution >= 0.6 is 0 Å². The summed E-state index contributed by atoms with van der Waals surface area (Å²) in [7, 11) is 0. The van der Waals surface area contributed by atoms with Crippen LogP contribution in [0.4, 0.5) is 5.69 Å². The molecule has 9 heteroatoms. The Labute approximate surface area is 252 Å². The number of rotatable bonds is 6. The summed E-state index contributed by atoms with van der Waals surface area (Å²) in [6.07, 6.45) is 9.63. The summed E-state index contributed by atoms with van der Waals surface area (Å²) in [6, 6.07) is 17.3. The number of piperidine rings is 2. The number of aromatic nitrogens is 2. The van der Waals surface area contributed by atoms with E-state index >= 15 is 0 Å². The Bertz CT molecular complexity index is 1510. The molecule has 43 heavy (non-hydrogen) atoms. The van der Waals surface area contributed by atoms with Crippen molar-refractivity contribution in [3.63, 3.8) is 0 Å². The summed E-state index contributed by atoms with van der Waals surface area (Å²) in [5, 5.41) is 16.2. The summed E-state index contributed by atoms with van der Waals surface area (Å²) in [6.45, 7) is 2.48. The molecule has 3 aromatic rings. The van der Waals surface area contributed by atoms with Gasteiger partial charge in [-0.3, -0.25) is 24.0 Å². The van der Waals surface area contributed by atoms with Crippen LogP contribution in [0.15, 0.2) is 67.0 Å². The zero-order valence-corrected chi connectivity index (χ0v) is 24.5. The minimum absolute atomic E-state index is 0.0230. The molecular formula is C34H39N5O4. The number of imide groups is 1. The third-order valence-electron chi connectivity index (χ3n) is 10.2. The molecular weight excluding hydrogens is 542 g/mol. The molecule has 4 heterocycles. The molecule has 1 unspecified atom stereocenters. The predicted molar refractivity (Wildman–Crippen MR) is 161 cm³/mol. The monoisotopic (exact) mass is 581 g/mol. The van der Waals surface area contributed by atoms with Crippen LogP contribution in [0, 0.1) is 11.8 Å². The van der Waals surface area contributed by atoms with Gasteiger partial charge in [0.05, 0.1) is 34.9 Å². The SMILES string of the molecule is O=C1c2cccc(N3CCCC(C(=O)N4CC[C@@](O)(c5ccccc5)[C@H]5CCCC[C@H]54)C3)c2C(=O)N1CCn1cccn1. The van der Waals surface area contributed by atoms with Gasteiger partial charge in [-0.2, -0.15) is 5.10 Å². The first kappa shape index (κ1) is 27.8. The highest BCUT2D eigenvalue weighted by Crippen LogP contribution is 2.47. The number of fused-ring (bicyclic) bond motifs is 2. The molecule has 1 N–H and O–H groups in total. The summed E-state index contributed by atoms with van der Waals surface area (Å²) in [5.74, 6) is -0.570. The van der Waals surface area contributed by atoms with E-state index in [2.05, 4.69) is 14.9 Å². The zero-order valence-electron chi connectivity index (χ0n) is 24.5. The van der Waals surface area contributed by atoms with Crippen molar-refractivity contribution in [1.82, 2.24) is 19.6 Å². The maximum atomic E-state index is 14.2. The highest BCUT2D eigenvalue weighted by molar-refractivity contribution is 6.23. The summed E-state index contributed by atoms with van der Waals surface area (Å²) < 4.78 is 1.71. The first-order valence-corrected chi connectivity index (χ1v) is 15.8. The third-order valence-corrected chi connectivity index (χ3v) is 10.2. The van der Waals surface area contributed by atoms with Crippen molar-refractivity contribution in [2.75, 3.05) is 31.1 Å². The van der Waals surface area contributed by atoms with Gasteiger partial charge in [0.1, 0.15) is 0 Å². The van der Waals surface area contributed by atoms with Gasteiger partial charge < -0.3 is 14.9 Å². The first-order valence-electron chi connectivity index (χ1n) is 15.8. The molecule has 2 saturated heterocycles. The number of nitrogens with zero attached hydrogens (tertiary/aromatic N) is 5. The van der Waals surface area contributed by atoms with Crippen LogP contribution in [0.3, 0.4) is 0 Å². The lowest BCUT2D eigenvalue weighted by atomic mass is 9.66. The van der Waals surface area contributed by atoms with E-state index in [0.717, 1.165) is 56.3 Å². The molecule has 224 valence electrons. The summed E-state index contributed by atoms with van der Waals surface area (Å²) in [4.78, 5) is 46.6. The molecule has 4 aliphatic rings. The van der Waals surface area contributed by atoms with Crippen molar-refractivity contribution in [1.29, 1.82) is 0 Å². The lowest BCUT2D eigenvalue weighted by Crippen LogP contribution is -2.60. The molecule has 0 spiro atoms. The Balaban J connectivity index is 1.09. The second-order valence-corrected chi connectivity index (χ2v) is 12.5. The standard InChI is InChI=1S/C34H39N5O4/c40-31(38-20-16-34(43,25-10-2-1-3-11-25)27-13-4-5-14-28(27)38)24-9-7-18-36(23-24)29-15-6-12-26-30(29)33(42)39(32(26)41)22-21-37-19-8-17-35-37/h1-3,6,8,10-12,15,17,19,24,27-28,43H,4-5,7,9,13-14,16,18,20-23H2/t24?,27-,28+,34+/m0/s1. The molecule has 2 aromatic carbocycles. The first-order chi connectivity index (χ1) is 21.0. The number of aliphatic hydroxyl groups is 1. The molecule has 0 bridgehead atoms. The number of carbonyl (C=O) groups excluding carboxylic acids is 3. The molecule has 3 amide bonds. The number of anilines is 1. The second-order valence-electron chi connectivity index (χ2n) is 12.5. The highest BCUT2D eigenvalue weighted by Gasteiger charge is 2.51. The Morgan fingerprint density at radius 2 is 1.74 bits per heavy atom. The number of likely N-dealkylation sites (tertiary alicyclic amines) is 1. The van der Waals surface area contributed by atoms with E-state index in [4.69, 9.17) is 0 Å². The van der Waals surface area contributed by atoms with Gasteiger partial charge in [-0.25, -0.2) is 0 Å². The number of hydrogen-bond acceptors (Lipinski definition) is 6. The minimum Gasteiger partial charge on any atom is -0.385 e. The zero-order chi connectivity index (χ0) is 29.6. The average Bonchev–Trinajstić information content (AvgIpc) is 3.66. The van der Waals surface area contributed by atoms with Crippen molar-refractivity contribution < 1.29 is 19.5 Å². The normalized spacial score (nSPS) is 27.3. The van der Waals surface area contributed by atoms with E-state index < -0.39 is 5.60 Å². The van der Waals surface area contributed by atoms with Gasteiger partial charge in [0.25, 0.3) is 11.8 Å². The minimum atomic E-state index is -0.914. The van der Waals surface area contributed by atoms with Gasteiger partial charge in [-0.15, -0.1) is 0 Å². The average molecular weight is 582 g/mol. The van der Waals surface area contributed by atoms with E-state index in [1.54, 1.807) is 16.9 Å². The highest BCUT2D eigenvalue weighted by atomic mass is 16.3. The van der Waals surface area contributed by atoms with Crippen molar-refractivity contribution >= 4 is 23.4 Å². The van der Waals surface area contributed by atoms with Crippen LogP contribution in [0.25, 0.3) is 0 Å². The fourth-order valence-electron chi connectivity index (χ4n) is 8.09. The van der Waals surface area contributed by atoms with Crippen LogP contribution < -0.4 is 4.90 Å². The maximum absolute atomic E-state index is 14.2. The molecule has 1 aliphatic carbocycles. The molecule has 3 aliphatic heterocycles. The van der Waals surface area contributed by atoms with Gasteiger partial charge in [0.15, 0.2) is 0 Å². The maximum Gasteiger partial charge on any atom is 0.263 e. The Hall–Kier alpha value is -3.98. The number of carbonyl (C=O) groups is 3. The Morgan fingerprint density at radius 3 is 2.56 bits per heavy atom. The Morgan fingerprint density at radius 1 is 0.907 bits per heavy atom. The van der Waals surface area contributed by atoms with E-state index in [1.807, 2.05) is 54.7 Å². The van der Waals surface area contributed by atoms with Gasteiger partial charge in [-0.1, -0.05) is 49.2 Å². The van der Waals surface area contributed by atoms with Crippen LogP contribution in [-0.2, 0) is 16.9 Å². The van der Waals surface area contributed by atoms with Gasteiger partial charge in [0, 0.05) is 50.5 Å². The van der Waals surface area contributed by atoms with Crippen molar-refractivity contribution in [2.45, 2.75) is 63.1 Å². The van der Waals surface area contributed by atoms with Crippen LogP contribution in [-0.4, -0.2) is 74.6 Å². The van der Waals surface area contributed by atoms with Gasteiger partial charge in [-0.05, 0) is 55.9 Å². The predicted octanol–water partition coefficient (Wildman–Crippen LogP) is 4.07. The van der Waals surface area contributed by atoms with Gasteiger partial charge in [0.2, 0.25) is 5.91 Å². The lowest BCUT2D eigenvalue weighted by molar-refractivity contribution is -0.158. The third kappa shape index (κ3) is 4.83. The molecule has 1 aromatic heterocycles. The van der Waals surface area contributed by atoms with E-state index in [9.17, 15) is 19.5 Å². The van der Waals surface area contributed by atoms with E-state index in [0.29, 0.717) is 37.2 Å². The molecule has 0 radical (unpaired) electrons. The van der Waals surface area contributed by atoms with E-state index in [-0.39, 0.29) is 42.1 Å². The van der Waals surface area contributed by atoms with Crippen LogP contribution in [0.5, 0.6) is 0 Å². The van der Waals surface area contributed by atoms with Crippen molar-refractivity contribution in [3.8, 4) is 0 Å². The van der Waals surface area contributed by atoms with Gasteiger partial charge >= 0.3 is 0 Å². The topological polar surface area (TPSA) is 99.0 Å². The summed E-state index contributed by atoms with van der Waals surface area (Å²) >= 11 is 0. The largest absolute Gasteiger partial charge is 0.385 e. The van der Waals surface area contributed by atoms with Crippen LogP contribution in [0.1, 0.15) is 71.2 Å². The fourth-order valence-corrected chi connectivity index (χ4v) is 8.09. The molecule has 4 atom stereocenters. The van der Waals surface area contributed by atoms with Crippen molar-refractivity contribution in [3.05, 3.63) is 83.7 Å². The lowest BCUT2D eigenvalue weighted by Gasteiger charge is -2.53. The number of benzene rings is 2. The molecule has 9 nitrogen and oxygen atoms in total. The second kappa shape index (κ2) is 11.3.